The van der Waals surface area contributed by atoms with E-state index in [-0.39, 0.29) is 23.5 Å². The Bertz CT molecular complexity index is 1090. The molecule has 1 aliphatic rings. The number of benzene rings is 1. The van der Waals surface area contributed by atoms with Crippen LogP contribution in [-0.2, 0) is 14.8 Å². The average molecular weight is 401 g/mol. The average Bonchev–Trinajstić information content (AvgIpc) is 3.38. The zero-order valence-corrected chi connectivity index (χ0v) is 15.7. The van der Waals surface area contributed by atoms with E-state index in [1.807, 2.05) is 0 Å². The Morgan fingerprint density at radius 3 is 2.82 bits per heavy atom. The summed E-state index contributed by atoms with van der Waals surface area (Å²) in [4.78, 5) is 16.7. The van der Waals surface area contributed by atoms with E-state index in [1.165, 1.54) is 30.5 Å². The third-order valence-electron chi connectivity index (χ3n) is 4.50. The number of ether oxygens (including phenoxy) is 1. The highest BCUT2D eigenvalue weighted by atomic mass is 32.2. The van der Waals surface area contributed by atoms with Crippen molar-refractivity contribution < 1.29 is 17.9 Å². The molecule has 0 bridgehead atoms. The molecule has 1 saturated heterocycles. The van der Waals surface area contributed by atoms with E-state index in [2.05, 4.69) is 25.2 Å². The Hall–Kier alpha value is -2.82. The van der Waals surface area contributed by atoms with Crippen LogP contribution in [0.15, 0.2) is 47.6 Å². The second-order valence-corrected chi connectivity index (χ2v) is 8.26. The maximum atomic E-state index is 12.4. The van der Waals surface area contributed by atoms with Crippen molar-refractivity contribution in [3.8, 4) is 0 Å². The van der Waals surface area contributed by atoms with Crippen molar-refractivity contribution in [2.24, 2.45) is 0 Å². The monoisotopic (exact) mass is 401 g/mol. The molecule has 0 spiro atoms. The first-order valence-electron chi connectivity index (χ1n) is 8.83. The first kappa shape index (κ1) is 18.5. The molecular weight excluding hydrogens is 382 g/mol. The molecule has 0 aliphatic carbocycles. The molecule has 4 rings (SSSR count). The van der Waals surface area contributed by atoms with Crippen molar-refractivity contribution >= 4 is 32.7 Å². The van der Waals surface area contributed by atoms with E-state index in [1.54, 1.807) is 12.3 Å². The zero-order valence-electron chi connectivity index (χ0n) is 14.9. The molecule has 1 fully saturated rings. The highest BCUT2D eigenvalue weighted by Gasteiger charge is 2.20. The third kappa shape index (κ3) is 4.03. The van der Waals surface area contributed by atoms with Crippen LogP contribution in [-0.4, -0.2) is 48.8 Å². The van der Waals surface area contributed by atoms with Crippen LogP contribution in [0.1, 0.15) is 23.2 Å². The molecule has 3 aromatic rings. The fourth-order valence-electron chi connectivity index (χ4n) is 2.98. The molecule has 1 atom stereocenters. The summed E-state index contributed by atoms with van der Waals surface area (Å²) in [5, 5.41) is 10.1. The summed E-state index contributed by atoms with van der Waals surface area (Å²) < 4.78 is 32.7. The number of rotatable bonds is 6. The number of aromatic nitrogens is 3. The number of carbonyl (C=O) groups is 1. The van der Waals surface area contributed by atoms with Gasteiger partial charge in [0.1, 0.15) is 0 Å². The highest BCUT2D eigenvalue weighted by molar-refractivity contribution is 7.89. The molecular formula is C18H19N5O4S. The number of H-pyrrole nitrogens is 1. The molecule has 3 N–H and O–H groups in total. The fraction of sp³-hybridized carbons (Fsp3) is 0.278. The third-order valence-corrected chi connectivity index (χ3v) is 5.94. The van der Waals surface area contributed by atoms with E-state index < -0.39 is 10.0 Å². The van der Waals surface area contributed by atoms with Crippen LogP contribution < -0.4 is 10.0 Å². The van der Waals surface area contributed by atoms with Crippen molar-refractivity contribution in [2.45, 2.75) is 23.8 Å². The molecule has 3 heterocycles. The molecule has 28 heavy (non-hydrogen) atoms. The minimum Gasteiger partial charge on any atom is -0.377 e. The Morgan fingerprint density at radius 2 is 2.07 bits per heavy atom. The maximum Gasteiger partial charge on any atom is 0.255 e. The predicted octanol–water partition coefficient (Wildman–Crippen LogP) is 1.67. The lowest BCUT2D eigenvalue weighted by molar-refractivity contribution is 0.102. The van der Waals surface area contributed by atoms with Crippen molar-refractivity contribution in [3.63, 3.8) is 0 Å². The van der Waals surface area contributed by atoms with E-state index in [0.29, 0.717) is 23.5 Å². The number of aromatic amines is 1. The maximum absolute atomic E-state index is 12.4. The van der Waals surface area contributed by atoms with Crippen molar-refractivity contribution in [1.82, 2.24) is 19.9 Å². The standard InChI is InChI=1S/C18H19N5O4S/c24-18(22-14-8-13-9-20-23-17(13)19-10-14)12-3-5-16(6-4-12)28(25,26)21-11-15-2-1-7-27-15/h3-6,8-10,15,21H,1-2,7,11H2,(H,22,24)(H,19,20,23). The number of sulfonamides is 1. The van der Waals surface area contributed by atoms with Crippen molar-refractivity contribution in [1.29, 1.82) is 0 Å². The van der Waals surface area contributed by atoms with Gasteiger partial charge in [-0.05, 0) is 43.2 Å². The van der Waals surface area contributed by atoms with E-state index in [9.17, 15) is 13.2 Å². The lowest BCUT2D eigenvalue weighted by Crippen LogP contribution is -2.31. The Kier molecular flexibility index (Phi) is 5.07. The van der Waals surface area contributed by atoms with Crippen LogP contribution in [0.5, 0.6) is 0 Å². The quantitative estimate of drug-likeness (QED) is 0.577. The smallest absolute Gasteiger partial charge is 0.255 e. The Labute approximate surface area is 161 Å². The fourth-order valence-corrected chi connectivity index (χ4v) is 4.05. The molecule has 1 aromatic carbocycles. The minimum absolute atomic E-state index is 0.0824. The Morgan fingerprint density at radius 1 is 1.25 bits per heavy atom. The molecule has 1 amide bonds. The molecule has 10 heteroatoms. The largest absolute Gasteiger partial charge is 0.377 e. The summed E-state index contributed by atoms with van der Waals surface area (Å²) in [7, 11) is -3.65. The van der Waals surface area contributed by atoms with Gasteiger partial charge in [0.15, 0.2) is 5.65 Å². The zero-order chi connectivity index (χ0) is 19.6. The number of nitrogens with one attached hydrogen (secondary N) is 3. The number of amides is 1. The highest BCUT2D eigenvalue weighted by Crippen LogP contribution is 2.17. The van der Waals surface area contributed by atoms with Gasteiger partial charge in [0.05, 0.1) is 29.1 Å². The SMILES string of the molecule is O=C(Nc1cnc2[nH]ncc2c1)c1ccc(S(=O)(=O)NCC2CCCO2)cc1. The number of carbonyl (C=O) groups excluding carboxylic acids is 1. The van der Waals surface area contributed by atoms with Gasteiger partial charge in [0, 0.05) is 24.1 Å². The second kappa shape index (κ2) is 7.66. The topological polar surface area (TPSA) is 126 Å². The normalized spacial score (nSPS) is 17.1. The number of hydrogen-bond acceptors (Lipinski definition) is 6. The van der Waals surface area contributed by atoms with Crippen molar-refractivity contribution in [2.75, 3.05) is 18.5 Å². The Balaban J connectivity index is 1.42. The number of fused-ring (bicyclic) bond motifs is 1. The molecule has 9 nitrogen and oxygen atoms in total. The summed E-state index contributed by atoms with van der Waals surface area (Å²) in [6, 6.07) is 7.51. The minimum atomic E-state index is -3.65. The van der Waals surface area contributed by atoms with Gasteiger partial charge in [0.2, 0.25) is 10.0 Å². The summed E-state index contributed by atoms with van der Waals surface area (Å²) in [6.07, 6.45) is 4.84. The van der Waals surface area contributed by atoms with Gasteiger partial charge < -0.3 is 10.1 Å². The summed E-state index contributed by atoms with van der Waals surface area (Å²) in [6.45, 7) is 0.910. The van der Waals surface area contributed by atoms with E-state index in [4.69, 9.17) is 4.74 Å². The number of pyridine rings is 1. The van der Waals surface area contributed by atoms with Gasteiger partial charge in [-0.2, -0.15) is 5.10 Å². The number of nitrogens with zero attached hydrogens (tertiary/aromatic N) is 2. The molecule has 1 aliphatic heterocycles. The number of hydrogen-bond donors (Lipinski definition) is 3. The molecule has 146 valence electrons. The lowest BCUT2D eigenvalue weighted by atomic mass is 10.2. The predicted molar refractivity (Wildman–Crippen MR) is 102 cm³/mol. The molecule has 0 saturated carbocycles. The van der Waals surface area contributed by atoms with Gasteiger partial charge in [-0.25, -0.2) is 18.1 Å². The van der Waals surface area contributed by atoms with E-state index in [0.717, 1.165) is 18.2 Å². The van der Waals surface area contributed by atoms with Crippen LogP contribution >= 0.6 is 0 Å². The van der Waals surface area contributed by atoms with Crippen LogP contribution in [0.3, 0.4) is 0 Å². The summed E-state index contributed by atoms with van der Waals surface area (Å²) in [5.74, 6) is -0.360. The summed E-state index contributed by atoms with van der Waals surface area (Å²) >= 11 is 0. The second-order valence-electron chi connectivity index (χ2n) is 6.50. The van der Waals surface area contributed by atoms with Crippen LogP contribution in [0.4, 0.5) is 5.69 Å². The summed E-state index contributed by atoms with van der Waals surface area (Å²) in [5.41, 5.74) is 1.49. The van der Waals surface area contributed by atoms with Crippen molar-refractivity contribution in [3.05, 3.63) is 48.3 Å². The lowest BCUT2D eigenvalue weighted by Gasteiger charge is -2.11. The van der Waals surface area contributed by atoms with Gasteiger partial charge in [-0.1, -0.05) is 0 Å². The molecule has 0 radical (unpaired) electrons. The van der Waals surface area contributed by atoms with E-state index >= 15 is 0 Å². The van der Waals surface area contributed by atoms with Crippen LogP contribution in [0.2, 0.25) is 0 Å². The van der Waals surface area contributed by atoms with Gasteiger partial charge in [-0.3, -0.25) is 9.89 Å². The van der Waals surface area contributed by atoms with Gasteiger partial charge in [-0.15, -0.1) is 0 Å². The molecule has 2 aromatic heterocycles. The first-order valence-corrected chi connectivity index (χ1v) is 10.3. The van der Waals surface area contributed by atoms with Gasteiger partial charge >= 0.3 is 0 Å². The van der Waals surface area contributed by atoms with Crippen LogP contribution in [0.25, 0.3) is 11.0 Å². The van der Waals surface area contributed by atoms with Gasteiger partial charge in [0.25, 0.3) is 5.91 Å². The molecule has 1 unspecified atom stereocenters. The van der Waals surface area contributed by atoms with Crippen LogP contribution in [0, 0.1) is 0 Å². The number of anilines is 1. The first-order chi connectivity index (χ1) is 13.5.